The second-order valence-corrected chi connectivity index (χ2v) is 4.47. The fraction of sp³-hybridized carbons (Fsp3) is 0.0769. The Labute approximate surface area is 99.0 Å². The van der Waals surface area contributed by atoms with Crippen molar-refractivity contribution in [2.24, 2.45) is 0 Å². The van der Waals surface area contributed by atoms with Gasteiger partial charge < -0.3 is 0 Å². The second-order valence-electron chi connectivity index (χ2n) is 3.39. The molecule has 0 bridgehead atoms. The predicted octanol–water partition coefficient (Wildman–Crippen LogP) is 2.09. The van der Waals surface area contributed by atoms with E-state index in [1.807, 2.05) is 18.2 Å². The maximum atomic E-state index is 3.38. The van der Waals surface area contributed by atoms with Gasteiger partial charge in [0.2, 0.25) is 0 Å². The van der Waals surface area contributed by atoms with Crippen LogP contribution < -0.4 is 9.67 Å². The summed E-state index contributed by atoms with van der Waals surface area (Å²) < 4.78 is 1.25. The van der Waals surface area contributed by atoms with Crippen LogP contribution in [-0.2, 0) is 6.54 Å². The van der Waals surface area contributed by atoms with Crippen LogP contribution in [0.2, 0.25) is 0 Å². The van der Waals surface area contributed by atoms with E-state index in [0.29, 0.717) is 0 Å². The Morgan fingerprint density at radius 1 is 0.933 bits per heavy atom. The Bertz CT molecular complexity index is 426. The molecule has 2 aromatic carbocycles. The van der Waals surface area contributed by atoms with E-state index >= 15 is 0 Å². The van der Waals surface area contributed by atoms with Crippen LogP contribution in [0.25, 0.3) is 0 Å². The van der Waals surface area contributed by atoms with Crippen LogP contribution in [-0.4, -0.2) is 16.9 Å². The molecule has 0 unspecified atom stereocenters. The van der Waals surface area contributed by atoms with Crippen LogP contribution in [0, 0.1) is 0 Å². The Morgan fingerprint density at radius 2 is 1.73 bits per heavy atom. The van der Waals surface area contributed by atoms with E-state index in [9.17, 15) is 0 Å². The number of hydrogen-bond donors (Lipinski definition) is 1. The summed E-state index contributed by atoms with van der Waals surface area (Å²) in [5.41, 5.74) is 2.46. The fourth-order valence-corrected chi connectivity index (χ4v) is 1.96. The van der Waals surface area contributed by atoms with Gasteiger partial charge in [0.1, 0.15) is 0 Å². The third-order valence-corrected chi connectivity index (χ3v) is 2.76. The van der Waals surface area contributed by atoms with E-state index in [2.05, 4.69) is 58.6 Å². The van der Waals surface area contributed by atoms with Gasteiger partial charge in [-0.2, -0.15) is 0 Å². The third kappa shape index (κ3) is 3.14. The molecule has 2 rings (SSSR count). The molecule has 2 aromatic rings. The van der Waals surface area contributed by atoms with E-state index in [1.54, 1.807) is 0 Å². The molecule has 0 spiro atoms. The molecule has 1 N–H and O–H groups in total. The Balaban J connectivity index is 1.99. The molecule has 2 radical (unpaired) electrons. The van der Waals surface area contributed by atoms with Crippen LogP contribution in [0.5, 0.6) is 0 Å². The molecular formula is C13H12AsN. The Kier molecular flexibility index (Phi) is 3.47. The summed E-state index contributed by atoms with van der Waals surface area (Å²) in [6.45, 7) is 0.871. The summed E-state index contributed by atoms with van der Waals surface area (Å²) in [7, 11) is 0. The number of hydrogen-bond acceptors (Lipinski definition) is 1. The van der Waals surface area contributed by atoms with Crippen molar-refractivity contribution >= 4 is 26.9 Å². The number of nitrogens with one attached hydrogen (secondary N) is 1. The SMILES string of the molecule is [As]c1cccc(CNc2ccccc2)c1. The van der Waals surface area contributed by atoms with Crippen molar-refractivity contribution in [1.29, 1.82) is 0 Å². The van der Waals surface area contributed by atoms with Crippen molar-refractivity contribution in [1.82, 2.24) is 0 Å². The molecule has 0 saturated carbocycles. The minimum atomic E-state index is 0.871. The van der Waals surface area contributed by atoms with Gasteiger partial charge in [0.05, 0.1) is 0 Å². The molecule has 0 saturated heterocycles. The molecule has 2 heteroatoms. The number of anilines is 1. The van der Waals surface area contributed by atoms with Crippen LogP contribution in [0.15, 0.2) is 54.6 Å². The van der Waals surface area contributed by atoms with Crippen molar-refractivity contribution in [2.75, 3.05) is 5.32 Å². The monoisotopic (exact) mass is 257 g/mol. The topological polar surface area (TPSA) is 12.0 Å². The quantitative estimate of drug-likeness (QED) is 0.830. The molecule has 0 heterocycles. The van der Waals surface area contributed by atoms with Gasteiger partial charge in [-0.25, -0.2) is 0 Å². The summed E-state index contributed by atoms with van der Waals surface area (Å²) in [4.78, 5) is 0. The van der Waals surface area contributed by atoms with Gasteiger partial charge >= 0.3 is 98.9 Å². The Morgan fingerprint density at radius 3 is 2.47 bits per heavy atom. The molecular weight excluding hydrogens is 245 g/mol. The van der Waals surface area contributed by atoms with Crippen molar-refractivity contribution in [3.63, 3.8) is 0 Å². The van der Waals surface area contributed by atoms with Crippen LogP contribution in [0.3, 0.4) is 0 Å². The molecule has 1 nitrogen and oxygen atoms in total. The first-order chi connectivity index (χ1) is 7.34. The molecule has 0 aliphatic heterocycles. The van der Waals surface area contributed by atoms with E-state index < -0.39 is 0 Å². The van der Waals surface area contributed by atoms with E-state index in [4.69, 9.17) is 0 Å². The van der Waals surface area contributed by atoms with Gasteiger partial charge in [0.25, 0.3) is 0 Å². The van der Waals surface area contributed by atoms with Gasteiger partial charge in [-0.05, 0) is 0 Å². The first-order valence-electron chi connectivity index (χ1n) is 4.91. The molecule has 0 atom stereocenters. The predicted molar refractivity (Wildman–Crippen MR) is 65.6 cm³/mol. The van der Waals surface area contributed by atoms with E-state index in [-0.39, 0.29) is 0 Å². The normalized spacial score (nSPS) is 9.93. The fourth-order valence-electron chi connectivity index (χ4n) is 1.43. The summed E-state index contributed by atoms with van der Waals surface area (Å²) in [6, 6.07) is 18.7. The summed E-state index contributed by atoms with van der Waals surface area (Å²) in [6.07, 6.45) is 0. The van der Waals surface area contributed by atoms with Crippen LogP contribution >= 0.6 is 0 Å². The van der Waals surface area contributed by atoms with E-state index in [1.165, 1.54) is 9.91 Å². The summed E-state index contributed by atoms with van der Waals surface area (Å²) in [5, 5.41) is 3.38. The van der Waals surface area contributed by atoms with Gasteiger partial charge in [-0.1, -0.05) is 0 Å². The zero-order valence-corrected chi connectivity index (χ0v) is 10.2. The van der Waals surface area contributed by atoms with Crippen molar-refractivity contribution in [2.45, 2.75) is 6.54 Å². The standard InChI is InChI=1S/C13H12AsN/c14-12-6-4-5-11(9-12)10-15-13-7-2-1-3-8-13/h1-9,15H,10H2. The van der Waals surface area contributed by atoms with Gasteiger partial charge in [-0.3, -0.25) is 0 Å². The summed E-state index contributed by atoms with van der Waals surface area (Å²) >= 11 is 2.56. The zero-order chi connectivity index (χ0) is 10.5. The second kappa shape index (κ2) is 5.04. The number of benzene rings is 2. The minimum absolute atomic E-state index is 0.871. The average Bonchev–Trinajstić information content (AvgIpc) is 2.28. The number of rotatable bonds is 3. The third-order valence-electron chi connectivity index (χ3n) is 2.18. The van der Waals surface area contributed by atoms with Gasteiger partial charge in [0.15, 0.2) is 0 Å². The molecule has 0 aromatic heterocycles. The Hall–Kier alpha value is -1.20. The first-order valence-corrected chi connectivity index (χ1v) is 5.85. The molecule has 0 aliphatic rings. The molecule has 0 amide bonds. The molecule has 0 aliphatic carbocycles. The molecule has 74 valence electrons. The number of para-hydroxylation sites is 1. The average molecular weight is 257 g/mol. The molecule has 0 fully saturated rings. The van der Waals surface area contributed by atoms with E-state index in [0.717, 1.165) is 12.2 Å². The first kappa shape index (κ1) is 10.3. The zero-order valence-electron chi connectivity index (χ0n) is 8.35. The molecule has 15 heavy (non-hydrogen) atoms. The van der Waals surface area contributed by atoms with Gasteiger partial charge in [0, 0.05) is 0 Å². The van der Waals surface area contributed by atoms with Crippen molar-refractivity contribution in [3.05, 3.63) is 60.2 Å². The van der Waals surface area contributed by atoms with Crippen LogP contribution in [0.1, 0.15) is 5.56 Å². The van der Waals surface area contributed by atoms with Crippen molar-refractivity contribution in [3.8, 4) is 0 Å². The van der Waals surface area contributed by atoms with Crippen LogP contribution in [0.4, 0.5) is 5.69 Å². The van der Waals surface area contributed by atoms with Crippen molar-refractivity contribution < 1.29 is 0 Å². The van der Waals surface area contributed by atoms with Gasteiger partial charge in [-0.15, -0.1) is 0 Å². The summed E-state index contributed by atoms with van der Waals surface area (Å²) in [5.74, 6) is 0. The maximum absolute atomic E-state index is 3.38.